The molecule has 2 unspecified atom stereocenters. The summed E-state index contributed by atoms with van der Waals surface area (Å²) < 4.78 is 1.91. The normalized spacial score (nSPS) is 23.3. The maximum Gasteiger partial charge on any atom is 0.230 e. The van der Waals surface area contributed by atoms with Crippen molar-refractivity contribution < 1.29 is 9.59 Å². The van der Waals surface area contributed by atoms with Gasteiger partial charge in [-0.1, -0.05) is 19.4 Å². The number of carbonyl (C=O) groups excluding carboxylic acids is 2. The van der Waals surface area contributed by atoms with Gasteiger partial charge in [-0.05, 0) is 56.0 Å². The topological polar surface area (TPSA) is 46.2 Å². The van der Waals surface area contributed by atoms with Crippen molar-refractivity contribution in [3.8, 4) is 0 Å². The minimum absolute atomic E-state index is 0.0226. The summed E-state index contributed by atoms with van der Waals surface area (Å²) in [6, 6.07) is 5.91. The number of halogens is 2. The third kappa shape index (κ3) is 3.26. The molecular weight excluding hydrogens is 374 g/mol. The summed E-state index contributed by atoms with van der Waals surface area (Å²) >= 11 is 6.90. The van der Waals surface area contributed by atoms with E-state index in [2.05, 4.69) is 44.1 Å². The standard InChI is InChI=1S/C14H15Br2NO2/c1-2-3-9-10(7-13(18)17-14(9)19)8-4-5-11(15)12(16)6-8/h4-6,9-10H,2-3,7H2,1H3,(H,17,18,19). The van der Waals surface area contributed by atoms with Gasteiger partial charge in [-0.15, -0.1) is 0 Å². The second kappa shape index (κ2) is 6.18. The lowest BCUT2D eigenvalue weighted by molar-refractivity contribution is -0.137. The maximum absolute atomic E-state index is 12.0. The number of rotatable bonds is 3. The molecule has 2 amide bonds. The lowest BCUT2D eigenvalue weighted by atomic mass is 9.78. The first kappa shape index (κ1) is 14.7. The van der Waals surface area contributed by atoms with Gasteiger partial charge in [-0.2, -0.15) is 0 Å². The number of carbonyl (C=O) groups is 2. The van der Waals surface area contributed by atoms with E-state index in [1.807, 2.05) is 18.2 Å². The Hall–Kier alpha value is -0.680. The SMILES string of the molecule is CCCC1C(=O)NC(=O)CC1c1ccc(Br)c(Br)c1. The Morgan fingerprint density at radius 2 is 2.00 bits per heavy atom. The zero-order chi connectivity index (χ0) is 14.0. The predicted octanol–water partition coefficient (Wildman–Crippen LogP) is 3.76. The van der Waals surface area contributed by atoms with Crippen LogP contribution in [0.5, 0.6) is 0 Å². The summed E-state index contributed by atoms with van der Waals surface area (Å²) in [4.78, 5) is 23.6. The summed E-state index contributed by atoms with van der Waals surface area (Å²) in [6.45, 7) is 2.05. The highest BCUT2D eigenvalue weighted by atomic mass is 79.9. The molecule has 0 aliphatic carbocycles. The van der Waals surface area contributed by atoms with Crippen LogP contribution in [-0.4, -0.2) is 11.8 Å². The molecule has 1 aromatic carbocycles. The molecule has 1 heterocycles. The minimum Gasteiger partial charge on any atom is -0.296 e. The van der Waals surface area contributed by atoms with Crippen LogP contribution >= 0.6 is 31.9 Å². The zero-order valence-corrected chi connectivity index (χ0v) is 13.8. The van der Waals surface area contributed by atoms with Crippen molar-refractivity contribution in [2.45, 2.75) is 32.1 Å². The van der Waals surface area contributed by atoms with E-state index in [1.165, 1.54) is 0 Å². The van der Waals surface area contributed by atoms with E-state index in [1.54, 1.807) is 0 Å². The number of imide groups is 1. The highest BCUT2D eigenvalue weighted by molar-refractivity contribution is 9.13. The molecule has 19 heavy (non-hydrogen) atoms. The van der Waals surface area contributed by atoms with Crippen LogP contribution in [0.2, 0.25) is 0 Å². The molecule has 0 bridgehead atoms. The number of amides is 2. The number of hydrogen-bond donors (Lipinski definition) is 1. The smallest absolute Gasteiger partial charge is 0.230 e. The fourth-order valence-electron chi connectivity index (χ4n) is 2.54. The van der Waals surface area contributed by atoms with Crippen LogP contribution < -0.4 is 5.32 Å². The minimum atomic E-state index is -0.179. The van der Waals surface area contributed by atoms with E-state index in [0.29, 0.717) is 6.42 Å². The van der Waals surface area contributed by atoms with Crippen LogP contribution in [0, 0.1) is 5.92 Å². The Morgan fingerprint density at radius 3 is 2.63 bits per heavy atom. The van der Waals surface area contributed by atoms with Crippen LogP contribution in [0.1, 0.15) is 37.7 Å². The fraction of sp³-hybridized carbons (Fsp3) is 0.429. The Labute approximate surface area is 129 Å². The third-order valence-electron chi connectivity index (χ3n) is 3.46. The fourth-order valence-corrected chi connectivity index (χ4v) is 3.19. The Morgan fingerprint density at radius 1 is 1.26 bits per heavy atom. The highest BCUT2D eigenvalue weighted by Gasteiger charge is 2.36. The molecular formula is C14H15Br2NO2. The quantitative estimate of drug-likeness (QED) is 0.801. The van der Waals surface area contributed by atoms with Gasteiger partial charge >= 0.3 is 0 Å². The lowest BCUT2D eigenvalue weighted by Crippen LogP contribution is -2.44. The first-order valence-electron chi connectivity index (χ1n) is 6.31. The van der Waals surface area contributed by atoms with Crippen LogP contribution in [0.4, 0.5) is 0 Å². The summed E-state index contributed by atoms with van der Waals surface area (Å²) in [5.74, 6) is -0.454. The molecule has 0 saturated carbocycles. The number of benzene rings is 1. The Kier molecular flexibility index (Phi) is 4.79. The molecule has 0 aromatic heterocycles. The highest BCUT2D eigenvalue weighted by Crippen LogP contribution is 2.36. The number of hydrogen-bond acceptors (Lipinski definition) is 2. The molecule has 2 atom stereocenters. The van der Waals surface area contributed by atoms with Crippen LogP contribution in [-0.2, 0) is 9.59 Å². The first-order chi connectivity index (χ1) is 9.02. The molecule has 2 rings (SSSR count). The Balaban J connectivity index is 2.34. The Bertz CT molecular complexity index is 516. The molecule has 1 aliphatic rings. The summed E-state index contributed by atoms with van der Waals surface area (Å²) in [6.07, 6.45) is 2.11. The largest absolute Gasteiger partial charge is 0.296 e. The van der Waals surface area contributed by atoms with Crippen LogP contribution in [0.15, 0.2) is 27.1 Å². The van der Waals surface area contributed by atoms with E-state index in [9.17, 15) is 9.59 Å². The lowest BCUT2D eigenvalue weighted by Gasteiger charge is -2.30. The summed E-state index contributed by atoms with van der Waals surface area (Å²) in [7, 11) is 0. The molecule has 3 nitrogen and oxygen atoms in total. The molecule has 1 saturated heterocycles. The van der Waals surface area contributed by atoms with Gasteiger partial charge in [0.15, 0.2) is 0 Å². The van der Waals surface area contributed by atoms with Crippen molar-refractivity contribution in [2.75, 3.05) is 0 Å². The summed E-state index contributed by atoms with van der Waals surface area (Å²) in [5.41, 5.74) is 1.04. The molecule has 1 fully saturated rings. The van der Waals surface area contributed by atoms with Gasteiger partial charge in [0.1, 0.15) is 0 Å². The molecule has 0 spiro atoms. The van der Waals surface area contributed by atoms with Crippen LogP contribution in [0.25, 0.3) is 0 Å². The van der Waals surface area contributed by atoms with Gasteiger partial charge in [0, 0.05) is 27.2 Å². The molecule has 1 aromatic rings. The van der Waals surface area contributed by atoms with E-state index in [-0.39, 0.29) is 23.7 Å². The molecule has 102 valence electrons. The van der Waals surface area contributed by atoms with E-state index >= 15 is 0 Å². The monoisotopic (exact) mass is 387 g/mol. The summed E-state index contributed by atoms with van der Waals surface area (Å²) in [5, 5.41) is 2.44. The van der Waals surface area contributed by atoms with Crippen molar-refractivity contribution in [2.24, 2.45) is 5.92 Å². The van der Waals surface area contributed by atoms with Crippen molar-refractivity contribution in [3.05, 3.63) is 32.7 Å². The maximum atomic E-state index is 12.0. The predicted molar refractivity (Wildman–Crippen MR) is 80.7 cm³/mol. The van der Waals surface area contributed by atoms with Gasteiger partial charge in [0.2, 0.25) is 11.8 Å². The van der Waals surface area contributed by atoms with Crippen molar-refractivity contribution in [1.29, 1.82) is 0 Å². The number of piperidine rings is 1. The van der Waals surface area contributed by atoms with E-state index in [0.717, 1.165) is 27.4 Å². The second-order valence-corrected chi connectivity index (χ2v) is 6.50. The second-order valence-electron chi connectivity index (χ2n) is 4.79. The van der Waals surface area contributed by atoms with Gasteiger partial charge in [0.25, 0.3) is 0 Å². The van der Waals surface area contributed by atoms with Gasteiger partial charge in [0.05, 0.1) is 0 Å². The molecule has 5 heteroatoms. The van der Waals surface area contributed by atoms with Crippen LogP contribution in [0.3, 0.4) is 0 Å². The van der Waals surface area contributed by atoms with Gasteiger partial charge < -0.3 is 0 Å². The first-order valence-corrected chi connectivity index (χ1v) is 7.90. The van der Waals surface area contributed by atoms with Crippen molar-refractivity contribution in [3.63, 3.8) is 0 Å². The number of nitrogens with one attached hydrogen (secondary N) is 1. The third-order valence-corrected chi connectivity index (χ3v) is 5.34. The van der Waals surface area contributed by atoms with Crippen molar-refractivity contribution in [1.82, 2.24) is 5.32 Å². The zero-order valence-electron chi connectivity index (χ0n) is 10.6. The average molecular weight is 389 g/mol. The molecule has 1 aliphatic heterocycles. The van der Waals surface area contributed by atoms with Crippen molar-refractivity contribution >= 4 is 43.7 Å². The van der Waals surface area contributed by atoms with Gasteiger partial charge in [-0.25, -0.2) is 0 Å². The molecule has 0 radical (unpaired) electrons. The molecule has 1 N–H and O–H groups in total. The average Bonchev–Trinajstić information content (AvgIpc) is 2.36. The van der Waals surface area contributed by atoms with E-state index < -0.39 is 0 Å². The van der Waals surface area contributed by atoms with E-state index in [4.69, 9.17) is 0 Å². The van der Waals surface area contributed by atoms with Gasteiger partial charge in [-0.3, -0.25) is 14.9 Å².